The molecule has 1 aromatic carbocycles. The van der Waals surface area contributed by atoms with Crippen molar-refractivity contribution in [2.24, 2.45) is 5.41 Å². The van der Waals surface area contributed by atoms with E-state index in [1.165, 1.54) is 0 Å². The molecule has 0 saturated carbocycles. The summed E-state index contributed by atoms with van der Waals surface area (Å²) in [5.74, 6) is -0.597. The zero-order chi connectivity index (χ0) is 21.0. The first kappa shape index (κ1) is 21.2. The molecule has 0 aliphatic carbocycles. The Kier molecular flexibility index (Phi) is 6.64. The average molecular weight is 433 g/mol. The second kappa shape index (κ2) is 9.40. The molecule has 2 aromatic rings. The summed E-state index contributed by atoms with van der Waals surface area (Å²) in [5.41, 5.74) is 4.64. The van der Waals surface area contributed by atoms with Crippen molar-refractivity contribution in [3.63, 3.8) is 0 Å². The third-order valence-corrected chi connectivity index (χ3v) is 6.66. The molecular weight excluding hydrogens is 404 g/mol. The van der Waals surface area contributed by atoms with E-state index >= 15 is 0 Å². The van der Waals surface area contributed by atoms with Gasteiger partial charge in [-0.15, -0.1) is 11.3 Å². The second-order valence-corrected chi connectivity index (χ2v) is 9.01. The van der Waals surface area contributed by atoms with E-state index < -0.39 is 5.41 Å². The first-order chi connectivity index (χ1) is 14.5. The van der Waals surface area contributed by atoms with Crippen LogP contribution in [0.5, 0.6) is 0 Å². The number of nitrogens with one attached hydrogen (secondary N) is 2. The zero-order valence-electron chi connectivity index (χ0n) is 17.2. The lowest BCUT2D eigenvalue weighted by Gasteiger charge is -2.35. The molecule has 162 valence electrons. The molecule has 0 radical (unpaired) electrons. The number of benzene rings is 1. The van der Waals surface area contributed by atoms with Gasteiger partial charge in [-0.1, -0.05) is 18.2 Å². The predicted octanol–water partition coefficient (Wildman–Crippen LogP) is 1.18. The lowest BCUT2D eigenvalue weighted by molar-refractivity contribution is -0.150. The molecule has 8 nitrogen and oxygen atoms in total. The molecular formula is C21H28N4O4S. The van der Waals surface area contributed by atoms with Gasteiger partial charge in [0.05, 0.1) is 26.4 Å². The summed E-state index contributed by atoms with van der Waals surface area (Å²) < 4.78 is 11.9. The molecule has 4 rings (SSSR count). The molecule has 0 spiro atoms. The number of hydrazine groups is 2. The standard InChI is InChI=1S/C21H28N4O4S/c1-21(19(26)22-24-6-10-28-11-7-24,20(27)23-25-8-12-29-13-9-25)15-17-14-16-4-2-3-5-18(16)30-17/h2-5,14H,6-13,15H2,1H3,(H,22,26)(H,23,27). The smallest absolute Gasteiger partial charge is 0.250 e. The summed E-state index contributed by atoms with van der Waals surface area (Å²) in [6, 6.07) is 10.2. The Morgan fingerprint density at radius 1 is 0.967 bits per heavy atom. The molecule has 2 saturated heterocycles. The zero-order valence-corrected chi connectivity index (χ0v) is 18.0. The molecule has 2 aliphatic heterocycles. The molecule has 9 heteroatoms. The van der Waals surface area contributed by atoms with E-state index in [0.29, 0.717) is 59.0 Å². The van der Waals surface area contributed by atoms with Gasteiger partial charge in [0.25, 0.3) is 0 Å². The summed E-state index contributed by atoms with van der Waals surface area (Å²) in [6.45, 7) is 6.40. The Bertz CT molecular complexity index is 825. The molecule has 0 unspecified atom stereocenters. The van der Waals surface area contributed by atoms with Crippen LogP contribution in [0.3, 0.4) is 0 Å². The highest BCUT2D eigenvalue weighted by atomic mass is 32.1. The highest BCUT2D eigenvalue weighted by Crippen LogP contribution is 2.32. The van der Waals surface area contributed by atoms with E-state index in [1.807, 2.05) is 28.2 Å². The van der Waals surface area contributed by atoms with Crippen molar-refractivity contribution in [1.29, 1.82) is 0 Å². The fourth-order valence-electron chi connectivity index (χ4n) is 3.62. The van der Waals surface area contributed by atoms with Crippen molar-refractivity contribution in [2.75, 3.05) is 52.6 Å². The van der Waals surface area contributed by atoms with E-state index in [1.54, 1.807) is 18.3 Å². The van der Waals surface area contributed by atoms with Gasteiger partial charge in [0.1, 0.15) is 5.41 Å². The minimum atomic E-state index is -1.25. The lowest BCUT2D eigenvalue weighted by Crippen LogP contribution is -2.60. The average Bonchev–Trinajstić information content (AvgIpc) is 3.17. The van der Waals surface area contributed by atoms with Crippen LogP contribution in [0, 0.1) is 5.41 Å². The molecule has 1 aromatic heterocycles. The largest absolute Gasteiger partial charge is 0.379 e. The van der Waals surface area contributed by atoms with Crippen LogP contribution in [0.1, 0.15) is 11.8 Å². The van der Waals surface area contributed by atoms with Crippen LogP contribution >= 0.6 is 11.3 Å². The summed E-state index contributed by atoms with van der Waals surface area (Å²) >= 11 is 1.62. The van der Waals surface area contributed by atoms with Gasteiger partial charge in [-0.05, 0) is 24.4 Å². The molecule has 3 heterocycles. The van der Waals surface area contributed by atoms with Crippen molar-refractivity contribution >= 4 is 33.2 Å². The van der Waals surface area contributed by atoms with Gasteiger partial charge in [-0.25, -0.2) is 10.0 Å². The van der Waals surface area contributed by atoms with Gasteiger partial charge >= 0.3 is 0 Å². The summed E-state index contributed by atoms with van der Waals surface area (Å²) in [7, 11) is 0. The van der Waals surface area contributed by atoms with Crippen LogP contribution in [-0.2, 0) is 25.5 Å². The molecule has 0 bridgehead atoms. The van der Waals surface area contributed by atoms with E-state index in [4.69, 9.17) is 9.47 Å². The van der Waals surface area contributed by atoms with Crippen LogP contribution in [-0.4, -0.2) is 74.4 Å². The molecule has 2 N–H and O–H groups in total. The first-order valence-corrected chi connectivity index (χ1v) is 11.1. The summed E-state index contributed by atoms with van der Waals surface area (Å²) in [6.07, 6.45) is 0.332. The number of hydrogen-bond acceptors (Lipinski definition) is 7. The van der Waals surface area contributed by atoms with Gasteiger partial charge in [0, 0.05) is 42.2 Å². The predicted molar refractivity (Wildman–Crippen MR) is 115 cm³/mol. The number of nitrogens with zero attached hydrogens (tertiary/aromatic N) is 2. The maximum absolute atomic E-state index is 13.3. The second-order valence-electron chi connectivity index (χ2n) is 7.84. The van der Waals surface area contributed by atoms with Gasteiger partial charge in [0.15, 0.2) is 0 Å². The number of fused-ring (bicyclic) bond motifs is 1. The number of carbonyl (C=O) groups excluding carboxylic acids is 2. The SMILES string of the molecule is CC(Cc1cc2ccccc2s1)(C(=O)NN1CCOCC1)C(=O)NN1CCOCC1. The fraction of sp³-hybridized carbons (Fsp3) is 0.524. The number of hydrogen-bond donors (Lipinski definition) is 2. The Hall–Kier alpha value is -2.04. The molecule has 2 aliphatic rings. The number of carbonyl (C=O) groups is 2. The molecule has 2 amide bonds. The quantitative estimate of drug-likeness (QED) is 0.667. The first-order valence-electron chi connectivity index (χ1n) is 10.3. The van der Waals surface area contributed by atoms with E-state index in [0.717, 1.165) is 15.0 Å². The Balaban J connectivity index is 1.55. The van der Waals surface area contributed by atoms with Crippen molar-refractivity contribution in [2.45, 2.75) is 13.3 Å². The van der Waals surface area contributed by atoms with Crippen LogP contribution in [0.4, 0.5) is 0 Å². The van der Waals surface area contributed by atoms with Gasteiger partial charge in [-0.3, -0.25) is 20.4 Å². The minimum absolute atomic E-state index is 0.299. The van der Waals surface area contributed by atoms with E-state index in [9.17, 15) is 9.59 Å². The Morgan fingerprint density at radius 3 is 2.03 bits per heavy atom. The topological polar surface area (TPSA) is 83.1 Å². The maximum atomic E-state index is 13.3. The third-order valence-electron chi connectivity index (χ3n) is 5.55. The van der Waals surface area contributed by atoms with Crippen LogP contribution < -0.4 is 10.9 Å². The van der Waals surface area contributed by atoms with Crippen molar-refractivity contribution in [1.82, 2.24) is 20.9 Å². The van der Waals surface area contributed by atoms with Crippen LogP contribution in [0.25, 0.3) is 10.1 Å². The normalized spacial score (nSPS) is 19.0. The van der Waals surface area contributed by atoms with E-state index in [2.05, 4.69) is 23.0 Å². The van der Waals surface area contributed by atoms with Gasteiger partial charge < -0.3 is 9.47 Å². The fourth-order valence-corrected chi connectivity index (χ4v) is 4.84. The summed E-state index contributed by atoms with van der Waals surface area (Å²) in [4.78, 5) is 27.7. The Labute approximate surface area is 180 Å². The van der Waals surface area contributed by atoms with Crippen molar-refractivity contribution in [3.8, 4) is 0 Å². The van der Waals surface area contributed by atoms with E-state index in [-0.39, 0.29) is 11.8 Å². The highest BCUT2D eigenvalue weighted by Gasteiger charge is 2.43. The third kappa shape index (κ3) is 4.81. The van der Waals surface area contributed by atoms with Crippen LogP contribution in [0.15, 0.2) is 30.3 Å². The number of amides is 2. The van der Waals surface area contributed by atoms with Gasteiger partial charge in [-0.2, -0.15) is 0 Å². The van der Waals surface area contributed by atoms with Crippen molar-refractivity contribution in [3.05, 3.63) is 35.2 Å². The van der Waals surface area contributed by atoms with Gasteiger partial charge in [0.2, 0.25) is 11.8 Å². The van der Waals surface area contributed by atoms with Crippen LogP contribution in [0.2, 0.25) is 0 Å². The highest BCUT2D eigenvalue weighted by molar-refractivity contribution is 7.19. The summed E-state index contributed by atoms with van der Waals surface area (Å²) in [5, 5.41) is 4.79. The molecule has 0 atom stereocenters. The molecule has 30 heavy (non-hydrogen) atoms. The maximum Gasteiger partial charge on any atom is 0.250 e. The Morgan fingerprint density at radius 2 is 1.50 bits per heavy atom. The van der Waals surface area contributed by atoms with Crippen molar-refractivity contribution < 1.29 is 19.1 Å². The minimum Gasteiger partial charge on any atom is -0.379 e. The lowest BCUT2D eigenvalue weighted by atomic mass is 9.84. The number of morpholine rings is 2. The number of ether oxygens (including phenoxy) is 2. The number of thiophene rings is 1. The number of rotatable bonds is 6. The monoisotopic (exact) mass is 432 g/mol. The molecule has 2 fully saturated rings.